The van der Waals surface area contributed by atoms with Crippen LogP contribution < -0.4 is 4.74 Å². The fourth-order valence-corrected chi connectivity index (χ4v) is 1.70. The van der Waals surface area contributed by atoms with E-state index in [0.29, 0.717) is 0 Å². The number of ether oxygens (including phenoxy) is 2. The van der Waals surface area contributed by atoms with E-state index in [1.165, 1.54) is 13.0 Å². The minimum Gasteiger partial charge on any atom is -0.462 e. The highest BCUT2D eigenvalue weighted by molar-refractivity contribution is 6.17. The third-order valence-corrected chi connectivity index (χ3v) is 2.50. The summed E-state index contributed by atoms with van der Waals surface area (Å²) in [6, 6.07) is 3.77. The lowest BCUT2D eigenvalue weighted by Crippen LogP contribution is -2.20. The second kappa shape index (κ2) is 6.48. The van der Waals surface area contributed by atoms with E-state index in [4.69, 9.17) is 16.9 Å². The third-order valence-electron chi connectivity index (χ3n) is 2.21. The van der Waals surface area contributed by atoms with Gasteiger partial charge in [0.25, 0.3) is 0 Å². The van der Waals surface area contributed by atoms with Crippen LogP contribution in [0.5, 0.6) is 5.75 Å². The van der Waals surface area contributed by atoms with Gasteiger partial charge >= 0.3 is 12.3 Å². The number of hydrogen-bond acceptors (Lipinski definition) is 4. The number of hydrogen-bond donors (Lipinski definition) is 0. The van der Waals surface area contributed by atoms with E-state index >= 15 is 0 Å². The Kier molecular flexibility index (Phi) is 5.22. The second-order valence-electron chi connectivity index (χ2n) is 3.49. The first-order valence-electron chi connectivity index (χ1n) is 5.38. The van der Waals surface area contributed by atoms with Crippen molar-refractivity contribution < 1.29 is 27.4 Å². The number of benzene rings is 1. The number of nitriles is 1. The van der Waals surface area contributed by atoms with Gasteiger partial charge in [0.2, 0.25) is 0 Å². The summed E-state index contributed by atoms with van der Waals surface area (Å²) < 4.78 is 45.3. The van der Waals surface area contributed by atoms with Crippen molar-refractivity contribution in [2.45, 2.75) is 19.2 Å². The van der Waals surface area contributed by atoms with Gasteiger partial charge in [-0.3, -0.25) is 0 Å². The van der Waals surface area contributed by atoms with Gasteiger partial charge in [-0.15, -0.1) is 24.8 Å². The molecule has 1 aromatic carbocycles. The Morgan fingerprint density at radius 2 is 2.10 bits per heavy atom. The Hall–Kier alpha value is -1.94. The lowest BCUT2D eigenvalue weighted by atomic mass is 10.0. The van der Waals surface area contributed by atoms with Crippen LogP contribution in [0.25, 0.3) is 0 Å². The lowest BCUT2D eigenvalue weighted by Gasteiger charge is -2.15. The number of rotatable bonds is 4. The molecule has 20 heavy (non-hydrogen) atoms. The van der Waals surface area contributed by atoms with Crippen LogP contribution >= 0.6 is 11.6 Å². The van der Waals surface area contributed by atoms with Gasteiger partial charge < -0.3 is 9.47 Å². The SMILES string of the molecule is CCOC(=O)c1c(OC(F)(F)F)ccc(CCl)c1C#N. The first kappa shape index (κ1) is 16.1. The summed E-state index contributed by atoms with van der Waals surface area (Å²) in [4.78, 5) is 11.7. The Bertz CT molecular complexity index is 552. The number of nitrogens with zero attached hydrogens (tertiary/aromatic N) is 1. The molecule has 0 N–H and O–H groups in total. The molecule has 1 rings (SSSR count). The quantitative estimate of drug-likeness (QED) is 0.632. The molecule has 0 spiro atoms. The van der Waals surface area contributed by atoms with E-state index in [0.717, 1.165) is 6.07 Å². The zero-order valence-electron chi connectivity index (χ0n) is 10.3. The molecule has 0 radical (unpaired) electrons. The molecule has 0 aromatic heterocycles. The summed E-state index contributed by atoms with van der Waals surface area (Å²) in [6.07, 6.45) is -4.99. The van der Waals surface area contributed by atoms with E-state index in [9.17, 15) is 18.0 Å². The van der Waals surface area contributed by atoms with Crippen LogP contribution in [0.15, 0.2) is 12.1 Å². The van der Waals surface area contributed by atoms with Crippen molar-refractivity contribution in [3.05, 3.63) is 28.8 Å². The molecule has 0 amide bonds. The van der Waals surface area contributed by atoms with Crippen molar-refractivity contribution in [2.75, 3.05) is 6.61 Å². The third kappa shape index (κ3) is 3.78. The van der Waals surface area contributed by atoms with E-state index in [-0.39, 0.29) is 23.6 Å². The van der Waals surface area contributed by atoms with E-state index in [1.54, 1.807) is 6.07 Å². The molecule has 0 bridgehead atoms. The van der Waals surface area contributed by atoms with Crippen LogP contribution in [0.2, 0.25) is 0 Å². The molecule has 0 aliphatic heterocycles. The van der Waals surface area contributed by atoms with Gasteiger partial charge in [-0.25, -0.2) is 4.79 Å². The molecule has 0 atom stereocenters. The Morgan fingerprint density at radius 3 is 2.55 bits per heavy atom. The average Bonchev–Trinajstić information content (AvgIpc) is 2.36. The molecule has 0 aliphatic rings. The van der Waals surface area contributed by atoms with Gasteiger partial charge in [-0.05, 0) is 18.6 Å². The van der Waals surface area contributed by atoms with Gasteiger partial charge in [0.1, 0.15) is 17.4 Å². The van der Waals surface area contributed by atoms with Crippen LogP contribution in [-0.4, -0.2) is 18.9 Å². The van der Waals surface area contributed by atoms with Crippen molar-refractivity contribution in [1.82, 2.24) is 0 Å². The maximum atomic E-state index is 12.3. The van der Waals surface area contributed by atoms with Gasteiger partial charge in [0.05, 0.1) is 12.2 Å². The number of carbonyl (C=O) groups is 1. The van der Waals surface area contributed by atoms with Crippen LogP contribution in [0, 0.1) is 11.3 Å². The standard InChI is InChI=1S/C12H9ClF3NO3/c1-2-19-11(18)10-8(6-17)7(5-13)3-4-9(10)20-12(14,15)16/h3-4H,2,5H2,1H3. The van der Waals surface area contributed by atoms with E-state index in [1.807, 2.05) is 0 Å². The smallest absolute Gasteiger partial charge is 0.462 e. The van der Waals surface area contributed by atoms with E-state index in [2.05, 4.69) is 9.47 Å². The van der Waals surface area contributed by atoms with Crippen LogP contribution in [0.4, 0.5) is 13.2 Å². The molecule has 0 saturated heterocycles. The highest BCUT2D eigenvalue weighted by atomic mass is 35.5. The molecular formula is C12H9ClF3NO3. The van der Waals surface area contributed by atoms with Crippen molar-refractivity contribution >= 4 is 17.6 Å². The molecule has 0 aliphatic carbocycles. The number of carbonyl (C=O) groups excluding carboxylic acids is 1. The molecule has 1 aromatic rings. The Morgan fingerprint density at radius 1 is 1.45 bits per heavy atom. The first-order chi connectivity index (χ1) is 9.34. The largest absolute Gasteiger partial charge is 0.573 e. The normalized spacial score (nSPS) is 10.8. The number of alkyl halides is 4. The topological polar surface area (TPSA) is 59.3 Å². The monoisotopic (exact) mass is 307 g/mol. The molecule has 0 saturated carbocycles. The predicted molar refractivity (Wildman–Crippen MR) is 63.4 cm³/mol. The van der Waals surface area contributed by atoms with E-state index < -0.39 is 23.6 Å². The fourth-order valence-electron chi connectivity index (χ4n) is 1.48. The molecule has 0 heterocycles. The summed E-state index contributed by atoms with van der Waals surface area (Å²) in [5.74, 6) is -2.00. The van der Waals surface area contributed by atoms with Crippen LogP contribution in [-0.2, 0) is 10.6 Å². The molecule has 0 fully saturated rings. The second-order valence-corrected chi connectivity index (χ2v) is 3.75. The lowest BCUT2D eigenvalue weighted by molar-refractivity contribution is -0.274. The summed E-state index contributed by atoms with van der Waals surface area (Å²) in [7, 11) is 0. The summed E-state index contributed by atoms with van der Waals surface area (Å²) in [6.45, 7) is 1.43. The first-order valence-corrected chi connectivity index (χ1v) is 5.92. The van der Waals surface area contributed by atoms with Crippen molar-refractivity contribution in [3.8, 4) is 11.8 Å². The number of esters is 1. The summed E-state index contributed by atoms with van der Waals surface area (Å²) >= 11 is 5.58. The fraction of sp³-hybridized carbons (Fsp3) is 0.333. The summed E-state index contributed by atoms with van der Waals surface area (Å²) in [5.41, 5.74) is -0.656. The molecule has 0 unspecified atom stereocenters. The van der Waals surface area contributed by atoms with Crippen LogP contribution in [0.3, 0.4) is 0 Å². The van der Waals surface area contributed by atoms with Gasteiger partial charge in [0, 0.05) is 5.88 Å². The predicted octanol–water partition coefficient (Wildman–Crippen LogP) is 3.37. The Balaban J connectivity index is 3.45. The van der Waals surface area contributed by atoms with Gasteiger partial charge in [0.15, 0.2) is 0 Å². The average molecular weight is 308 g/mol. The minimum atomic E-state index is -4.99. The minimum absolute atomic E-state index is 0.0553. The molecule has 4 nitrogen and oxygen atoms in total. The highest BCUT2D eigenvalue weighted by Crippen LogP contribution is 2.31. The van der Waals surface area contributed by atoms with Crippen molar-refractivity contribution in [3.63, 3.8) is 0 Å². The van der Waals surface area contributed by atoms with Gasteiger partial charge in [-0.1, -0.05) is 6.07 Å². The number of halogens is 4. The maximum Gasteiger partial charge on any atom is 0.573 e. The highest BCUT2D eigenvalue weighted by Gasteiger charge is 2.34. The van der Waals surface area contributed by atoms with Gasteiger partial charge in [-0.2, -0.15) is 5.26 Å². The van der Waals surface area contributed by atoms with Crippen molar-refractivity contribution in [2.24, 2.45) is 0 Å². The van der Waals surface area contributed by atoms with Crippen LogP contribution in [0.1, 0.15) is 28.4 Å². The molecular weight excluding hydrogens is 299 g/mol. The molecule has 8 heteroatoms. The Labute approximate surface area is 117 Å². The molecule has 108 valence electrons. The summed E-state index contributed by atoms with van der Waals surface area (Å²) in [5, 5.41) is 9.02. The zero-order valence-corrected chi connectivity index (χ0v) is 11.0. The zero-order chi connectivity index (χ0) is 15.3. The van der Waals surface area contributed by atoms with Crippen molar-refractivity contribution in [1.29, 1.82) is 5.26 Å². The maximum absolute atomic E-state index is 12.3.